The molecule has 166 valence electrons. The minimum absolute atomic E-state index is 0.0834. The van der Waals surface area contributed by atoms with Gasteiger partial charge in [0.2, 0.25) is 0 Å². The zero-order valence-corrected chi connectivity index (χ0v) is 18.6. The van der Waals surface area contributed by atoms with Crippen molar-refractivity contribution in [2.75, 3.05) is 39.1 Å². The second kappa shape index (κ2) is 10.6. The number of hydrogen-bond acceptors (Lipinski definition) is 5. The number of rotatable bonds is 10. The van der Waals surface area contributed by atoms with Gasteiger partial charge in [0.05, 0.1) is 11.3 Å². The number of fused-ring (bicyclic) bond motifs is 1. The van der Waals surface area contributed by atoms with Gasteiger partial charge >= 0.3 is 5.97 Å². The molecule has 0 radical (unpaired) electrons. The fourth-order valence-corrected chi connectivity index (χ4v) is 3.66. The summed E-state index contributed by atoms with van der Waals surface area (Å²) in [5, 5.41) is 11.9. The van der Waals surface area contributed by atoms with Gasteiger partial charge in [-0.3, -0.25) is 4.79 Å². The zero-order chi connectivity index (χ0) is 23.1. The molecule has 0 aliphatic heterocycles. The second-order valence-corrected chi connectivity index (χ2v) is 7.82. The number of nitrogens with zero attached hydrogens (tertiary/aromatic N) is 2. The highest BCUT2D eigenvalue weighted by Crippen LogP contribution is 2.32. The summed E-state index contributed by atoms with van der Waals surface area (Å²) in [6, 6.07) is 17.0. The molecule has 6 nitrogen and oxygen atoms in total. The molecule has 0 fully saturated rings. The van der Waals surface area contributed by atoms with E-state index in [9.17, 15) is 14.7 Å². The lowest BCUT2D eigenvalue weighted by Gasteiger charge is -2.27. The molecule has 0 bridgehead atoms. The quantitative estimate of drug-likeness (QED) is 0.380. The van der Waals surface area contributed by atoms with Crippen LogP contribution in [-0.2, 0) is 11.4 Å². The first-order chi connectivity index (χ1) is 15.4. The lowest BCUT2D eigenvalue weighted by Crippen LogP contribution is -2.30. The van der Waals surface area contributed by atoms with Crippen molar-refractivity contribution in [2.45, 2.75) is 6.61 Å². The van der Waals surface area contributed by atoms with E-state index in [1.54, 1.807) is 18.2 Å². The number of anilines is 1. The fraction of sp³-hybridized carbons (Fsp3) is 0.231. The molecule has 0 aliphatic carbocycles. The average molecular weight is 433 g/mol. The van der Waals surface area contributed by atoms with Crippen LogP contribution >= 0.6 is 0 Å². The number of carbonyl (C=O) groups excluding carboxylic acids is 1. The third kappa shape index (κ3) is 5.34. The Kier molecular flexibility index (Phi) is 7.63. The maximum Gasteiger partial charge on any atom is 0.336 e. The van der Waals surface area contributed by atoms with E-state index in [2.05, 4.69) is 4.90 Å². The van der Waals surface area contributed by atoms with Gasteiger partial charge in [-0.1, -0.05) is 42.5 Å². The number of carboxylic acid groups (broad SMARTS) is 1. The molecule has 1 N–H and O–H groups in total. The summed E-state index contributed by atoms with van der Waals surface area (Å²) in [5.41, 5.74) is 2.25. The second-order valence-electron chi connectivity index (χ2n) is 7.82. The van der Waals surface area contributed by atoms with E-state index in [0.717, 1.165) is 28.6 Å². The molecular formula is C26H28N2O4. The Morgan fingerprint density at radius 3 is 2.47 bits per heavy atom. The van der Waals surface area contributed by atoms with Crippen LogP contribution in [0.5, 0.6) is 5.75 Å². The lowest BCUT2D eigenvalue weighted by atomic mass is 9.99. The topological polar surface area (TPSA) is 70.1 Å². The van der Waals surface area contributed by atoms with Gasteiger partial charge in [-0.25, -0.2) is 4.79 Å². The fourth-order valence-electron chi connectivity index (χ4n) is 3.66. The number of ether oxygens (including phenoxy) is 1. The van der Waals surface area contributed by atoms with Crippen LogP contribution in [0.4, 0.5) is 5.69 Å². The summed E-state index contributed by atoms with van der Waals surface area (Å²) in [4.78, 5) is 27.1. The summed E-state index contributed by atoms with van der Waals surface area (Å²) in [6.45, 7) is 1.55. The van der Waals surface area contributed by atoms with Crippen LogP contribution in [0.1, 0.15) is 21.5 Å². The third-order valence-corrected chi connectivity index (χ3v) is 5.28. The third-order valence-electron chi connectivity index (χ3n) is 5.28. The van der Waals surface area contributed by atoms with Crippen LogP contribution in [-0.4, -0.2) is 56.5 Å². The molecule has 0 heterocycles. The molecule has 0 aromatic heterocycles. The molecule has 6 heteroatoms. The summed E-state index contributed by atoms with van der Waals surface area (Å²) in [5.74, 6) is -0.329. The van der Waals surface area contributed by atoms with E-state index in [4.69, 9.17) is 4.74 Å². The van der Waals surface area contributed by atoms with Gasteiger partial charge in [0.1, 0.15) is 18.6 Å². The standard InChI is InChI=1S/C26H28N2O4/c1-27(2)15-16-28(3)25-20(10-7-17-29)13-14-22(26(30)31)23(25)18-32-24-12-6-9-19-8-4-5-11-21(19)24/h4-14,17H,15-16,18H2,1-3H3,(H,30,31). The van der Waals surface area contributed by atoms with E-state index < -0.39 is 5.97 Å². The van der Waals surface area contributed by atoms with Crippen molar-refractivity contribution in [1.29, 1.82) is 0 Å². The van der Waals surface area contributed by atoms with E-state index in [1.807, 2.05) is 68.5 Å². The van der Waals surface area contributed by atoms with Gasteiger partial charge in [-0.2, -0.15) is 0 Å². The highest BCUT2D eigenvalue weighted by molar-refractivity contribution is 5.94. The SMILES string of the molecule is CN(C)CCN(C)c1c(C=CC=O)ccc(C(=O)O)c1COc1cccc2ccccc12. The van der Waals surface area contributed by atoms with E-state index in [1.165, 1.54) is 6.08 Å². The van der Waals surface area contributed by atoms with Crippen LogP contribution in [0.15, 0.2) is 60.7 Å². The molecule has 32 heavy (non-hydrogen) atoms. The predicted octanol–water partition coefficient (Wildman–Crippen LogP) is 4.33. The van der Waals surface area contributed by atoms with Crippen molar-refractivity contribution < 1.29 is 19.4 Å². The smallest absolute Gasteiger partial charge is 0.336 e. The number of aldehydes is 1. The number of hydrogen-bond donors (Lipinski definition) is 1. The summed E-state index contributed by atoms with van der Waals surface area (Å²) >= 11 is 0. The molecule has 0 saturated heterocycles. The van der Waals surface area contributed by atoms with Crippen molar-refractivity contribution in [3.05, 3.63) is 77.4 Å². The Labute approximate surface area is 188 Å². The molecule has 0 spiro atoms. The van der Waals surface area contributed by atoms with Gasteiger partial charge in [0.15, 0.2) is 0 Å². The van der Waals surface area contributed by atoms with Gasteiger partial charge < -0.3 is 19.6 Å². The molecule has 0 unspecified atom stereocenters. The van der Waals surface area contributed by atoms with E-state index in [-0.39, 0.29) is 12.2 Å². The first-order valence-electron chi connectivity index (χ1n) is 10.4. The van der Waals surface area contributed by atoms with Crippen LogP contribution in [0, 0.1) is 0 Å². The van der Waals surface area contributed by atoms with Crippen molar-refractivity contribution >= 4 is 34.8 Å². The van der Waals surface area contributed by atoms with Crippen LogP contribution in [0.3, 0.4) is 0 Å². The maximum absolute atomic E-state index is 12.1. The molecule has 3 rings (SSSR count). The monoisotopic (exact) mass is 432 g/mol. The highest BCUT2D eigenvalue weighted by Gasteiger charge is 2.20. The van der Waals surface area contributed by atoms with Crippen molar-refractivity contribution in [3.8, 4) is 5.75 Å². The number of carbonyl (C=O) groups is 2. The van der Waals surface area contributed by atoms with Gasteiger partial charge in [0, 0.05) is 31.1 Å². The largest absolute Gasteiger partial charge is 0.488 e. The molecule has 3 aromatic carbocycles. The van der Waals surface area contributed by atoms with Gasteiger partial charge in [-0.15, -0.1) is 0 Å². The Morgan fingerprint density at radius 1 is 1.00 bits per heavy atom. The van der Waals surface area contributed by atoms with Crippen LogP contribution in [0.2, 0.25) is 0 Å². The average Bonchev–Trinajstić information content (AvgIpc) is 2.79. The molecule has 3 aromatic rings. The Balaban J connectivity index is 2.07. The predicted molar refractivity (Wildman–Crippen MR) is 129 cm³/mol. The minimum atomic E-state index is -1.02. The zero-order valence-electron chi connectivity index (χ0n) is 18.6. The first-order valence-corrected chi connectivity index (χ1v) is 10.4. The van der Waals surface area contributed by atoms with Crippen molar-refractivity contribution in [2.24, 2.45) is 0 Å². The van der Waals surface area contributed by atoms with Gasteiger partial charge in [-0.05, 0) is 49.3 Å². The Morgan fingerprint density at radius 2 is 1.75 bits per heavy atom. The number of carboxylic acids is 1. The molecule has 0 amide bonds. The number of allylic oxidation sites excluding steroid dienone is 1. The normalized spacial score (nSPS) is 11.2. The molecule has 0 saturated carbocycles. The van der Waals surface area contributed by atoms with Crippen molar-refractivity contribution in [1.82, 2.24) is 4.90 Å². The Bertz CT molecular complexity index is 1130. The maximum atomic E-state index is 12.1. The van der Waals surface area contributed by atoms with Crippen LogP contribution in [0.25, 0.3) is 16.8 Å². The van der Waals surface area contributed by atoms with Gasteiger partial charge in [0.25, 0.3) is 0 Å². The van der Waals surface area contributed by atoms with E-state index in [0.29, 0.717) is 24.1 Å². The summed E-state index contributed by atoms with van der Waals surface area (Å²) < 4.78 is 6.18. The molecular weight excluding hydrogens is 404 g/mol. The van der Waals surface area contributed by atoms with Crippen molar-refractivity contribution in [3.63, 3.8) is 0 Å². The van der Waals surface area contributed by atoms with Crippen LogP contribution < -0.4 is 9.64 Å². The molecule has 0 aliphatic rings. The highest BCUT2D eigenvalue weighted by atomic mass is 16.5. The number of aromatic carboxylic acids is 1. The number of likely N-dealkylation sites (N-methyl/N-ethyl adjacent to an activating group) is 2. The summed E-state index contributed by atoms with van der Waals surface area (Å²) in [7, 11) is 5.89. The lowest BCUT2D eigenvalue weighted by molar-refractivity contribution is -0.104. The summed E-state index contributed by atoms with van der Waals surface area (Å²) in [6.07, 6.45) is 3.82. The Hall–Kier alpha value is -3.64. The molecule has 0 atom stereocenters. The first kappa shape index (κ1) is 23.0. The number of benzene rings is 3. The minimum Gasteiger partial charge on any atom is -0.488 e. The van der Waals surface area contributed by atoms with E-state index >= 15 is 0 Å².